The number of ketones is 1. The minimum atomic E-state index is -0.651. The van der Waals surface area contributed by atoms with Gasteiger partial charge in [0.15, 0.2) is 17.3 Å². The Hall–Kier alpha value is -4.06. The average molecular weight is 584 g/mol. The molecule has 4 rings (SSSR count). The van der Waals surface area contributed by atoms with E-state index in [1.807, 2.05) is 39.8 Å². The fraction of sp³-hybridized carbons (Fsp3) is 0.405. The molecule has 1 heterocycles. The first-order valence-electron chi connectivity index (χ1n) is 15.0. The summed E-state index contributed by atoms with van der Waals surface area (Å²) in [6.07, 6.45) is 3.62. The van der Waals surface area contributed by atoms with E-state index in [0.717, 1.165) is 22.3 Å². The smallest absolute Gasteiger partial charge is 0.410 e. The van der Waals surface area contributed by atoms with Gasteiger partial charge in [0.25, 0.3) is 0 Å². The van der Waals surface area contributed by atoms with Crippen LogP contribution in [-0.4, -0.2) is 28.9 Å². The Morgan fingerprint density at radius 1 is 0.814 bits per heavy atom. The number of allylic oxidation sites excluding steroid dienone is 2. The summed E-state index contributed by atoms with van der Waals surface area (Å²) >= 11 is 0. The van der Waals surface area contributed by atoms with Crippen molar-refractivity contribution in [3.8, 4) is 11.5 Å². The lowest BCUT2D eigenvalue weighted by molar-refractivity contribution is -0.115. The van der Waals surface area contributed by atoms with Gasteiger partial charge in [0.1, 0.15) is 18.8 Å². The molecule has 228 valence electrons. The van der Waals surface area contributed by atoms with E-state index in [-0.39, 0.29) is 12.2 Å². The van der Waals surface area contributed by atoms with Crippen LogP contribution in [0.5, 0.6) is 11.5 Å². The molecule has 6 nitrogen and oxygen atoms in total. The number of nitrogens with zero attached hydrogens (tertiary/aromatic N) is 1. The van der Waals surface area contributed by atoms with Crippen LogP contribution in [0.25, 0.3) is 0 Å². The molecule has 1 atom stereocenters. The molecule has 0 saturated heterocycles. The summed E-state index contributed by atoms with van der Waals surface area (Å²) in [6.45, 7) is 16.9. The summed E-state index contributed by atoms with van der Waals surface area (Å²) in [5.74, 6) is 1.17. The summed E-state index contributed by atoms with van der Waals surface area (Å²) in [4.78, 5) is 27.9. The highest BCUT2D eigenvalue weighted by molar-refractivity contribution is 5.90. The first kappa shape index (κ1) is 31.9. The molecular weight excluding hydrogens is 538 g/mol. The molecule has 0 bridgehead atoms. The maximum atomic E-state index is 13.3. The van der Waals surface area contributed by atoms with Gasteiger partial charge < -0.3 is 19.1 Å². The first-order valence-corrected chi connectivity index (χ1v) is 15.0. The van der Waals surface area contributed by atoms with Crippen LogP contribution in [0.2, 0.25) is 0 Å². The molecule has 0 aromatic heterocycles. The van der Waals surface area contributed by atoms with Gasteiger partial charge in [0, 0.05) is 13.0 Å². The largest absolute Gasteiger partial charge is 0.485 e. The van der Waals surface area contributed by atoms with Gasteiger partial charge in [0.05, 0.1) is 6.04 Å². The van der Waals surface area contributed by atoms with Gasteiger partial charge in [0.2, 0.25) is 0 Å². The highest BCUT2D eigenvalue weighted by atomic mass is 16.6. The number of hydrogen-bond donors (Lipinski definition) is 0. The maximum Gasteiger partial charge on any atom is 0.410 e. The number of rotatable bonds is 9. The van der Waals surface area contributed by atoms with Gasteiger partial charge in [-0.1, -0.05) is 64.7 Å². The van der Waals surface area contributed by atoms with Crippen LogP contribution < -0.4 is 9.47 Å². The van der Waals surface area contributed by atoms with Gasteiger partial charge in [-0.3, -0.25) is 4.79 Å². The third kappa shape index (κ3) is 8.73. The van der Waals surface area contributed by atoms with Crippen LogP contribution in [0.4, 0.5) is 4.79 Å². The van der Waals surface area contributed by atoms with E-state index in [4.69, 9.17) is 14.2 Å². The van der Waals surface area contributed by atoms with E-state index in [1.165, 1.54) is 22.3 Å². The Balaban J connectivity index is 1.73. The number of carbonyl (C=O) groups excluding carboxylic acids is 2. The van der Waals surface area contributed by atoms with Crippen molar-refractivity contribution in [2.75, 3.05) is 6.54 Å². The van der Waals surface area contributed by atoms with Crippen molar-refractivity contribution in [2.45, 2.75) is 93.1 Å². The Morgan fingerprint density at radius 2 is 1.33 bits per heavy atom. The van der Waals surface area contributed by atoms with Gasteiger partial charge in [-0.25, -0.2) is 4.79 Å². The van der Waals surface area contributed by atoms with Crippen LogP contribution in [0.1, 0.15) is 84.7 Å². The minimum absolute atomic E-state index is 0.0539. The van der Waals surface area contributed by atoms with Gasteiger partial charge >= 0.3 is 6.09 Å². The lowest BCUT2D eigenvalue weighted by atomic mass is 9.89. The SMILES string of the molecule is C/C=C/C(=O)CC1c2cc(OCc3cc(C)cc(C)c3)c(OCc3cc(C)cc(C)c3)cc2CCN1C(=O)OC(C)(C)C. The van der Waals surface area contributed by atoms with E-state index in [2.05, 4.69) is 64.1 Å². The second kappa shape index (κ2) is 13.5. The van der Waals surface area contributed by atoms with Gasteiger partial charge in [-0.15, -0.1) is 0 Å². The number of fused-ring (bicyclic) bond motifs is 1. The molecule has 1 unspecified atom stereocenters. The number of carbonyl (C=O) groups is 2. The van der Waals surface area contributed by atoms with Crippen molar-refractivity contribution >= 4 is 11.9 Å². The Bertz CT molecular complexity index is 1470. The Kier molecular flexibility index (Phi) is 10.0. The van der Waals surface area contributed by atoms with Crippen LogP contribution >= 0.6 is 0 Å². The second-order valence-electron chi connectivity index (χ2n) is 12.7. The first-order chi connectivity index (χ1) is 20.3. The zero-order valence-corrected chi connectivity index (χ0v) is 26.9. The fourth-order valence-electron chi connectivity index (χ4n) is 5.77. The highest BCUT2D eigenvalue weighted by Crippen LogP contribution is 2.41. The lowest BCUT2D eigenvalue weighted by Crippen LogP contribution is -2.43. The third-order valence-corrected chi connectivity index (χ3v) is 7.29. The second-order valence-corrected chi connectivity index (χ2v) is 12.7. The monoisotopic (exact) mass is 583 g/mol. The number of aryl methyl sites for hydroxylation is 4. The highest BCUT2D eigenvalue weighted by Gasteiger charge is 2.35. The van der Waals surface area contributed by atoms with E-state index in [1.54, 1.807) is 17.1 Å². The van der Waals surface area contributed by atoms with Crippen LogP contribution in [-0.2, 0) is 29.2 Å². The molecular formula is C37H45NO5. The number of amides is 1. The van der Waals surface area contributed by atoms with Gasteiger partial charge in [-0.2, -0.15) is 0 Å². The predicted molar refractivity (Wildman–Crippen MR) is 171 cm³/mol. The van der Waals surface area contributed by atoms with Crippen LogP contribution in [0.15, 0.2) is 60.7 Å². The quantitative estimate of drug-likeness (QED) is 0.237. The van der Waals surface area contributed by atoms with E-state index < -0.39 is 17.7 Å². The molecule has 43 heavy (non-hydrogen) atoms. The number of hydrogen-bond acceptors (Lipinski definition) is 5. The fourth-order valence-corrected chi connectivity index (χ4v) is 5.77. The van der Waals surface area contributed by atoms with Gasteiger partial charge in [-0.05, 0) is 102 Å². The molecule has 0 radical (unpaired) electrons. The van der Waals surface area contributed by atoms with Crippen LogP contribution in [0, 0.1) is 27.7 Å². The standard InChI is InChI=1S/C37H45NO5/c1-9-10-31(39)20-33-32-21-35(42-23-29-17-26(4)14-27(5)18-29)34(41-22-28-15-24(2)13-25(3)16-28)19-30(32)11-12-38(33)36(40)43-37(6,7)8/h9-10,13-19,21,33H,11-12,20,22-23H2,1-8H3/b10-9+. The van der Waals surface area contributed by atoms with Crippen molar-refractivity contribution in [3.63, 3.8) is 0 Å². The minimum Gasteiger partial charge on any atom is -0.485 e. The number of ether oxygens (including phenoxy) is 3. The topological polar surface area (TPSA) is 65.1 Å². The average Bonchev–Trinajstić information content (AvgIpc) is 2.89. The predicted octanol–water partition coefficient (Wildman–Crippen LogP) is 8.45. The summed E-state index contributed by atoms with van der Waals surface area (Å²) in [5.41, 5.74) is 8.12. The van der Waals surface area contributed by atoms with Crippen molar-refractivity contribution in [1.29, 1.82) is 0 Å². The Labute approximate surface area is 256 Å². The van der Waals surface area contributed by atoms with Crippen molar-refractivity contribution in [1.82, 2.24) is 4.90 Å². The molecule has 0 spiro atoms. The molecule has 0 N–H and O–H groups in total. The van der Waals surface area contributed by atoms with Crippen LogP contribution in [0.3, 0.4) is 0 Å². The van der Waals surface area contributed by atoms with Crippen molar-refractivity contribution in [3.05, 3.63) is 105 Å². The molecule has 1 aliphatic heterocycles. The molecule has 0 aliphatic carbocycles. The molecule has 1 amide bonds. The summed E-state index contributed by atoms with van der Waals surface area (Å²) < 4.78 is 18.6. The molecule has 1 aliphatic rings. The zero-order chi connectivity index (χ0) is 31.3. The molecule has 3 aromatic rings. The summed E-state index contributed by atoms with van der Waals surface area (Å²) in [7, 11) is 0. The summed E-state index contributed by atoms with van der Waals surface area (Å²) in [6, 6.07) is 16.3. The van der Waals surface area contributed by atoms with E-state index >= 15 is 0 Å². The molecule has 0 fully saturated rings. The Morgan fingerprint density at radius 3 is 1.81 bits per heavy atom. The van der Waals surface area contributed by atoms with Crippen molar-refractivity contribution in [2.24, 2.45) is 0 Å². The molecule has 3 aromatic carbocycles. The normalized spacial score (nSPS) is 14.9. The van der Waals surface area contributed by atoms with Crippen molar-refractivity contribution < 1.29 is 23.8 Å². The maximum absolute atomic E-state index is 13.3. The van der Waals surface area contributed by atoms with E-state index in [9.17, 15) is 9.59 Å². The molecule has 6 heteroatoms. The number of benzene rings is 3. The lowest BCUT2D eigenvalue weighted by Gasteiger charge is -2.38. The van der Waals surface area contributed by atoms with E-state index in [0.29, 0.717) is 37.7 Å². The molecule has 0 saturated carbocycles. The summed E-state index contributed by atoms with van der Waals surface area (Å²) in [5, 5.41) is 0. The third-order valence-electron chi connectivity index (χ3n) is 7.29. The zero-order valence-electron chi connectivity index (χ0n) is 26.9.